The minimum atomic E-state index is -0.195. The van der Waals surface area contributed by atoms with E-state index < -0.39 is 0 Å². The molecule has 0 radical (unpaired) electrons. The van der Waals surface area contributed by atoms with Crippen molar-refractivity contribution in [2.75, 3.05) is 41.3 Å². The van der Waals surface area contributed by atoms with E-state index in [9.17, 15) is 4.79 Å². The van der Waals surface area contributed by atoms with Crippen molar-refractivity contribution < 1.29 is 4.79 Å². The van der Waals surface area contributed by atoms with Crippen molar-refractivity contribution >= 4 is 23.1 Å². The molecule has 2 heterocycles. The Morgan fingerprint density at radius 2 is 1.81 bits per heavy atom. The van der Waals surface area contributed by atoms with Gasteiger partial charge >= 0.3 is 0 Å². The summed E-state index contributed by atoms with van der Waals surface area (Å²) in [5.74, 6) is 1.27. The molecule has 3 rings (SSSR count). The minimum absolute atomic E-state index is 0.195. The molecule has 1 amide bonds. The Labute approximate surface area is 161 Å². The second-order valence-electron chi connectivity index (χ2n) is 6.98. The molecule has 0 spiro atoms. The normalized spacial score (nSPS) is 13.7. The number of hydrogen-bond donors (Lipinski definition) is 1. The van der Waals surface area contributed by atoms with Crippen LogP contribution < -0.4 is 15.1 Å². The SMILES string of the molecule is CCN(CC)c1ccc(NC(=O)c2cc(N3CCCC3)nc(C)n2)c(C)c1. The number of nitrogens with zero attached hydrogens (tertiary/aromatic N) is 4. The lowest BCUT2D eigenvalue weighted by molar-refractivity contribution is 0.102. The third-order valence-electron chi connectivity index (χ3n) is 5.07. The van der Waals surface area contributed by atoms with Crippen LogP contribution in [0, 0.1) is 13.8 Å². The lowest BCUT2D eigenvalue weighted by Gasteiger charge is -2.22. The second-order valence-corrected chi connectivity index (χ2v) is 6.98. The van der Waals surface area contributed by atoms with Crippen LogP contribution >= 0.6 is 0 Å². The number of carbonyl (C=O) groups excluding carboxylic acids is 1. The molecule has 1 N–H and O–H groups in total. The fourth-order valence-electron chi connectivity index (χ4n) is 3.54. The number of nitrogens with one attached hydrogen (secondary N) is 1. The zero-order valence-corrected chi connectivity index (χ0v) is 16.7. The number of anilines is 3. The number of aromatic nitrogens is 2. The molecule has 1 fully saturated rings. The number of rotatable bonds is 6. The van der Waals surface area contributed by atoms with Gasteiger partial charge in [-0.3, -0.25) is 4.79 Å². The average molecular weight is 367 g/mol. The maximum absolute atomic E-state index is 12.8. The maximum atomic E-state index is 12.8. The highest BCUT2D eigenvalue weighted by molar-refractivity contribution is 6.03. The predicted octanol–water partition coefficient (Wildman–Crippen LogP) is 3.79. The lowest BCUT2D eigenvalue weighted by Crippen LogP contribution is -2.23. The molecule has 0 atom stereocenters. The van der Waals surface area contributed by atoms with Crippen LogP contribution in [0.5, 0.6) is 0 Å². The molecule has 144 valence electrons. The van der Waals surface area contributed by atoms with Gasteiger partial charge in [-0.25, -0.2) is 9.97 Å². The summed E-state index contributed by atoms with van der Waals surface area (Å²) in [6.45, 7) is 12.0. The summed E-state index contributed by atoms with van der Waals surface area (Å²) in [7, 11) is 0. The van der Waals surface area contributed by atoms with Gasteiger partial charge in [-0.1, -0.05) is 0 Å². The first-order valence-electron chi connectivity index (χ1n) is 9.79. The highest BCUT2D eigenvalue weighted by Crippen LogP contribution is 2.24. The highest BCUT2D eigenvalue weighted by Gasteiger charge is 2.18. The van der Waals surface area contributed by atoms with Crippen molar-refractivity contribution in [1.29, 1.82) is 0 Å². The smallest absolute Gasteiger partial charge is 0.274 e. The monoisotopic (exact) mass is 367 g/mol. The Morgan fingerprint density at radius 3 is 2.44 bits per heavy atom. The first kappa shape index (κ1) is 19.1. The first-order valence-corrected chi connectivity index (χ1v) is 9.79. The molecule has 27 heavy (non-hydrogen) atoms. The van der Waals surface area contributed by atoms with Gasteiger partial charge in [0, 0.05) is 43.6 Å². The van der Waals surface area contributed by atoms with Gasteiger partial charge in [-0.05, 0) is 64.3 Å². The molecular weight excluding hydrogens is 338 g/mol. The first-order chi connectivity index (χ1) is 13.0. The van der Waals surface area contributed by atoms with E-state index in [0.717, 1.165) is 43.2 Å². The summed E-state index contributed by atoms with van der Waals surface area (Å²) in [5, 5.41) is 3.01. The van der Waals surface area contributed by atoms with Crippen LogP contribution in [0.1, 0.15) is 48.6 Å². The van der Waals surface area contributed by atoms with Crippen LogP contribution in [-0.2, 0) is 0 Å². The Kier molecular flexibility index (Phi) is 5.94. The Hall–Kier alpha value is -2.63. The molecule has 1 aromatic heterocycles. The Bertz CT molecular complexity index is 810. The number of carbonyl (C=O) groups is 1. The number of amides is 1. The topological polar surface area (TPSA) is 61.4 Å². The van der Waals surface area contributed by atoms with Crippen molar-refractivity contribution in [3.8, 4) is 0 Å². The molecule has 1 aliphatic heterocycles. The van der Waals surface area contributed by atoms with Crippen LogP contribution in [0.4, 0.5) is 17.2 Å². The van der Waals surface area contributed by atoms with Gasteiger partial charge in [0.15, 0.2) is 0 Å². The second kappa shape index (κ2) is 8.37. The van der Waals surface area contributed by atoms with Crippen LogP contribution in [0.3, 0.4) is 0 Å². The van der Waals surface area contributed by atoms with Gasteiger partial charge in [0.2, 0.25) is 0 Å². The van der Waals surface area contributed by atoms with E-state index in [0.29, 0.717) is 11.5 Å². The van der Waals surface area contributed by atoms with Crippen molar-refractivity contribution in [2.24, 2.45) is 0 Å². The highest BCUT2D eigenvalue weighted by atomic mass is 16.1. The summed E-state index contributed by atoms with van der Waals surface area (Å²) in [5.41, 5.74) is 3.44. The predicted molar refractivity (Wildman–Crippen MR) is 111 cm³/mol. The zero-order valence-electron chi connectivity index (χ0n) is 16.7. The standard InChI is InChI=1S/C21H29N5O/c1-5-25(6-2)17-9-10-18(15(3)13-17)24-21(27)19-14-20(23-16(4)22-19)26-11-7-8-12-26/h9-10,13-14H,5-8,11-12H2,1-4H3,(H,24,27). The number of hydrogen-bond acceptors (Lipinski definition) is 5. The van der Waals surface area contributed by atoms with E-state index in [4.69, 9.17) is 0 Å². The zero-order chi connectivity index (χ0) is 19.4. The summed E-state index contributed by atoms with van der Waals surface area (Å²) in [6, 6.07) is 7.93. The van der Waals surface area contributed by atoms with E-state index >= 15 is 0 Å². The molecule has 1 aromatic carbocycles. The van der Waals surface area contributed by atoms with Crippen molar-refractivity contribution in [2.45, 2.75) is 40.5 Å². The molecule has 6 heteroatoms. The van der Waals surface area contributed by atoms with Gasteiger partial charge in [-0.2, -0.15) is 0 Å². The van der Waals surface area contributed by atoms with E-state index in [2.05, 4.69) is 51.1 Å². The van der Waals surface area contributed by atoms with Gasteiger partial charge in [-0.15, -0.1) is 0 Å². The molecule has 1 aliphatic rings. The summed E-state index contributed by atoms with van der Waals surface area (Å²) >= 11 is 0. The molecule has 0 unspecified atom stereocenters. The molecular formula is C21H29N5O. The van der Waals surface area contributed by atoms with Crippen LogP contribution in [0.25, 0.3) is 0 Å². The van der Waals surface area contributed by atoms with E-state index in [1.807, 2.05) is 19.9 Å². The maximum Gasteiger partial charge on any atom is 0.274 e. The van der Waals surface area contributed by atoms with Gasteiger partial charge in [0.1, 0.15) is 17.3 Å². The Balaban J connectivity index is 1.79. The summed E-state index contributed by atoms with van der Waals surface area (Å²) in [6.07, 6.45) is 2.34. The van der Waals surface area contributed by atoms with Gasteiger partial charge in [0.05, 0.1) is 0 Å². The Morgan fingerprint density at radius 1 is 1.11 bits per heavy atom. The van der Waals surface area contributed by atoms with E-state index in [1.165, 1.54) is 18.5 Å². The molecule has 2 aromatic rings. The van der Waals surface area contributed by atoms with E-state index in [1.54, 1.807) is 6.07 Å². The molecule has 0 saturated carbocycles. The molecule has 0 bridgehead atoms. The average Bonchev–Trinajstić information content (AvgIpc) is 3.19. The number of aryl methyl sites for hydroxylation is 2. The molecule has 6 nitrogen and oxygen atoms in total. The van der Waals surface area contributed by atoms with Crippen molar-refractivity contribution in [1.82, 2.24) is 9.97 Å². The molecule has 0 aliphatic carbocycles. The van der Waals surface area contributed by atoms with E-state index in [-0.39, 0.29) is 5.91 Å². The van der Waals surface area contributed by atoms with Gasteiger partial charge in [0.25, 0.3) is 5.91 Å². The largest absolute Gasteiger partial charge is 0.372 e. The van der Waals surface area contributed by atoms with Crippen molar-refractivity contribution in [3.63, 3.8) is 0 Å². The van der Waals surface area contributed by atoms with Gasteiger partial charge < -0.3 is 15.1 Å². The summed E-state index contributed by atoms with van der Waals surface area (Å²) in [4.78, 5) is 26.1. The lowest BCUT2D eigenvalue weighted by atomic mass is 10.1. The molecule has 1 saturated heterocycles. The van der Waals surface area contributed by atoms with Crippen LogP contribution in [0.2, 0.25) is 0 Å². The minimum Gasteiger partial charge on any atom is -0.372 e. The summed E-state index contributed by atoms with van der Waals surface area (Å²) < 4.78 is 0. The third-order valence-corrected chi connectivity index (χ3v) is 5.07. The quantitative estimate of drug-likeness (QED) is 0.842. The fraction of sp³-hybridized carbons (Fsp3) is 0.476. The fourth-order valence-corrected chi connectivity index (χ4v) is 3.54. The van der Waals surface area contributed by atoms with Crippen LogP contribution in [0.15, 0.2) is 24.3 Å². The third kappa shape index (κ3) is 4.38. The van der Waals surface area contributed by atoms with Crippen LogP contribution in [-0.4, -0.2) is 42.1 Å². The number of benzene rings is 1. The van der Waals surface area contributed by atoms with Crippen molar-refractivity contribution in [3.05, 3.63) is 41.3 Å².